The van der Waals surface area contributed by atoms with Gasteiger partial charge in [0.2, 0.25) is 0 Å². The molecule has 1 aliphatic rings. The Hall–Kier alpha value is -0.900. The summed E-state index contributed by atoms with van der Waals surface area (Å²) in [6.07, 6.45) is 0. The molecule has 1 aromatic carbocycles. The van der Waals surface area contributed by atoms with Gasteiger partial charge in [0.05, 0.1) is 6.61 Å². The van der Waals surface area contributed by atoms with Gasteiger partial charge in [-0.15, -0.1) is 0 Å². The van der Waals surface area contributed by atoms with Crippen molar-refractivity contribution in [1.82, 2.24) is 10.2 Å². The van der Waals surface area contributed by atoms with Crippen molar-refractivity contribution in [2.24, 2.45) is 0 Å². The topological polar surface area (TPSA) is 24.5 Å². The highest BCUT2D eigenvalue weighted by Crippen LogP contribution is 2.19. The minimum absolute atomic E-state index is 0.240. The van der Waals surface area contributed by atoms with E-state index in [1.807, 2.05) is 0 Å². The number of methoxy groups -OCH3 is 1. The number of hydrogen-bond donors (Lipinski definition) is 1. The lowest BCUT2D eigenvalue weighted by atomic mass is 9.99. The maximum atomic E-state index is 5.13. The van der Waals surface area contributed by atoms with E-state index >= 15 is 0 Å². The lowest BCUT2D eigenvalue weighted by Gasteiger charge is -2.42. The Morgan fingerprint density at radius 3 is 2.50 bits per heavy atom. The Labute approximate surface area is 110 Å². The van der Waals surface area contributed by atoms with E-state index in [1.54, 1.807) is 7.11 Å². The Morgan fingerprint density at radius 2 is 1.89 bits per heavy atom. The molecule has 0 aromatic heterocycles. The van der Waals surface area contributed by atoms with Crippen molar-refractivity contribution in [2.45, 2.75) is 32.5 Å². The van der Waals surface area contributed by atoms with E-state index in [0.717, 1.165) is 26.2 Å². The Kier molecular flexibility index (Phi) is 4.38. The number of piperazine rings is 1. The SMILES string of the molecule is COCc1ccc(CN2CCNCC2(C)C)cc1. The average Bonchev–Trinajstić information content (AvgIpc) is 2.34. The minimum Gasteiger partial charge on any atom is -0.380 e. The van der Waals surface area contributed by atoms with E-state index in [-0.39, 0.29) is 5.54 Å². The molecule has 1 fully saturated rings. The van der Waals surface area contributed by atoms with Gasteiger partial charge in [-0.05, 0) is 25.0 Å². The van der Waals surface area contributed by atoms with Crippen LogP contribution in [0.5, 0.6) is 0 Å². The van der Waals surface area contributed by atoms with Crippen molar-refractivity contribution in [1.29, 1.82) is 0 Å². The molecule has 1 aromatic rings. The van der Waals surface area contributed by atoms with Crippen molar-refractivity contribution >= 4 is 0 Å². The standard InChI is InChI=1S/C15H24N2O/c1-15(2)12-16-8-9-17(15)10-13-4-6-14(7-5-13)11-18-3/h4-7,16H,8-12H2,1-3H3. The van der Waals surface area contributed by atoms with E-state index in [0.29, 0.717) is 6.61 Å². The van der Waals surface area contributed by atoms with Crippen LogP contribution >= 0.6 is 0 Å². The molecule has 0 aliphatic carbocycles. The maximum Gasteiger partial charge on any atom is 0.0713 e. The Balaban J connectivity index is 1.99. The van der Waals surface area contributed by atoms with Gasteiger partial charge in [-0.3, -0.25) is 4.90 Å². The van der Waals surface area contributed by atoms with Gasteiger partial charge < -0.3 is 10.1 Å². The van der Waals surface area contributed by atoms with Gasteiger partial charge in [-0.1, -0.05) is 24.3 Å². The van der Waals surface area contributed by atoms with E-state index in [4.69, 9.17) is 4.74 Å². The molecule has 1 aliphatic heterocycles. The van der Waals surface area contributed by atoms with Crippen LogP contribution in [0.1, 0.15) is 25.0 Å². The second-order valence-corrected chi connectivity index (χ2v) is 5.66. The summed E-state index contributed by atoms with van der Waals surface area (Å²) in [5.41, 5.74) is 2.86. The summed E-state index contributed by atoms with van der Waals surface area (Å²) >= 11 is 0. The summed E-state index contributed by atoms with van der Waals surface area (Å²) in [6, 6.07) is 8.75. The fourth-order valence-electron chi connectivity index (χ4n) is 2.44. The quantitative estimate of drug-likeness (QED) is 0.882. The van der Waals surface area contributed by atoms with Crippen molar-refractivity contribution in [3.63, 3.8) is 0 Å². The van der Waals surface area contributed by atoms with Crippen LogP contribution in [-0.2, 0) is 17.9 Å². The summed E-state index contributed by atoms with van der Waals surface area (Å²) in [6.45, 7) is 9.60. The molecule has 3 nitrogen and oxygen atoms in total. The zero-order chi connectivity index (χ0) is 13.0. The van der Waals surface area contributed by atoms with Gasteiger partial charge in [0.15, 0.2) is 0 Å². The number of nitrogens with zero attached hydrogens (tertiary/aromatic N) is 1. The molecule has 100 valence electrons. The molecule has 2 rings (SSSR count). The molecule has 0 saturated carbocycles. The number of rotatable bonds is 4. The zero-order valence-electron chi connectivity index (χ0n) is 11.7. The number of hydrogen-bond acceptors (Lipinski definition) is 3. The monoisotopic (exact) mass is 248 g/mol. The number of benzene rings is 1. The van der Waals surface area contributed by atoms with Gasteiger partial charge in [0.25, 0.3) is 0 Å². The van der Waals surface area contributed by atoms with Gasteiger partial charge in [0.1, 0.15) is 0 Å². The number of ether oxygens (including phenoxy) is 1. The fraction of sp³-hybridized carbons (Fsp3) is 0.600. The maximum absolute atomic E-state index is 5.13. The molecular weight excluding hydrogens is 224 g/mol. The first-order valence-electron chi connectivity index (χ1n) is 6.64. The van der Waals surface area contributed by atoms with E-state index in [2.05, 4.69) is 48.3 Å². The molecule has 0 amide bonds. The van der Waals surface area contributed by atoms with E-state index in [9.17, 15) is 0 Å². The molecular formula is C15H24N2O. The predicted octanol–water partition coefficient (Wildman–Crippen LogP) is 2.02. The molecule has 1 heterocycles. The van der Waals surface area contributed by atoms with Crippen LogP contribution in [-0.4, -0.2) is 37.2 Å². The largest absolute Gasteiger partial charge is 0.380 e. The first-order chi connectivity index (χ1) is 8.62. The molecule has 0 bridgehead atoms. The summed E-state index contributed by atoms with van der Waals surface area (Å²) in [5.74, 6) is 0. The zero-order valence-corrected chi connectivity index (χ0v) is 11.7. The molecule has 0 unspecified atom stereocenters. The third-order valence-corrected chi connectivity index (χ3v) is 3.68. The summed E-state index contributed by atoms with van der Waals surface area (Å²) in [4.78, 5) is 2.55. The number of nitrogens with one attached hydrogen (secondary N) is 1. The van der Waals surface area contributed by atoms with Gasteiger partial charge >= 0.3 is 0 Å². The van der Waals surface area contributed by atoms with Crippen LogP contribution in [0.4, 0.5) is 0 Å². The third kappa shape index (κ3) is 3.31. The van der Waals surface area contributed by atoms with Gasteiger partial charge in [-0.2, -0.15) is 0 Å². The minimum atomic E-state index is 0.240. The second kappa shape index (κ2) is 5.83. The highest BCUT2D eigenvalue weighted by Gasteiger charge is 2.29. The van der Waals surface area contributed by atoms with Crippen LogP contribution in [0.15, 0.2) is 24.3 Å². The van der Waals surface area contributed by atoms with Gasteiger partial charge in [0, 0.05) is 38.8 Å². The first-order valence-corrected chi connectivity index (χ1v) is 6.64. The molecule has 3 heteroatoms. The normalized spacial score (nSPS) is 19.9. The van der Waals surface area contributed by atoms with Crippen molar-refractivity contribution in [2.75, 3.05) is 26.7 Å². The van der Waals surface area contributed by atoms with E-state index in [1.165, 1.54) is 11.1 Å². The molecule has 0 radical (unpaired) electrons. The predicted molar refractivity (Wildman–Crippen MR) is 74.5 cm³/mol. The van der Waals surface area contributed by atoms with Crippen molar-refractivity contribution in [3.05, 3.63) is 35.4 Å². The highest BCUT2D eigenvalue weighted by atomic mass is 16.5. The lowest BCUT2D eigenvalue weighted by Crippen LogP contribution is -2.57. The van der Waals surface area contributed by atoms with Gasteiger partial charge in [-0.25, -0.2) is 0 Å². The van der Waals surface area contributed by atoms with Crippen LogP contribution in [0.2, 0.25) is 0 Å². The lowest BCUT2D eigenvalue weighted by molar-refractivity contribution is 0.0827. The molecule has 0 atom stereocenters. The smallest absolute Gasteiger partial charge is 0.0713 e. The summed E-state index contributed by atoms with van der Waals surface area (Å²) in [5, 5.41) is 3.46. The Bertz CT molecular complexity index is 373. The van der Waals surface area contributed by atoms with E-state index < -0.39 is 0 Å². The fourth-order valence-corrected chi connectivity index (χ4v) is 2.44. The highest BCUT2D eigenvalue weighted by molar-refractivity contribution is 5.22. The third-order valence-electron chi connectivity index (χ3n) is 3.68. The summed E-state index contributed by atoms with van der Waals surface area (Å²) in [7, 11) is 1.73. The van der Waals surface area contributed by atoms with Crippen molar-refractivity contribution < 1.29 is 4.74 Å². The molecule has 18 heavy (non-hydrogen) atoms. The molecule has 1 N–H and O–H groups in total. The van der Waals surface area contributed by atoms with Crippen LogP contribution in [0, 0.1) is 0 Å². The van der Waals surface area contributed by atoms with Crippen LogP contribution in [0.3, 0.4) is 0 Å². The molecule has 0 spiro atoms. The second-order valence-electron chi connectivity index (χ2n) is 5.66. The Morgan fingerprint density at radius 1 is 1.22 bits per heavy atom. The van der Waals surface area contributed by atoms with Crippen molar-refractivity contribution in [3.8, 4) is 0 Å². The van der Waals surface area contributed by atoms with Crippen LogP contribution in [0.25, 0.3) is 0 Å². The summed E-state index contributed by atoms with van der Waals surface area (Å²) < 4.78 is 5.13. The first kappa shape index (κ1) is 13.5. The van der Waals surface area contributed by atoms with Crippen LogP contribution < -0.4 is 5.32 Å². The average molecular weight is 248 g/mol. The molecule has 1 saturated heterocycles.